The van der Waals surface area contributed by atoms with Gasteiger partial charge in [-0.2, -0.15) is 0 Å². The predicted octanol–water partition coefficient (Wildman–Crippen LogP) is 4.19. The second-order valence-corrected chi connectivity index (χ2v) is 7.19. The molecule has 148 valence electrons. The van der Waals surface area contributed by atoms with E-state index in [1.807, 2.05) is 0 Å². The molecule has 0 bridgehead atoms. The Morgan fingerprint density at radius 3 is 0.815 bits per heavy atom. The molecule has 27 heavy (non-hydrogen) atoms. The van der Waals surface area contributed by atoms with Gasteiger partial charge in [0.25, 0.3) is 0 Å². The quantitative estimate of drug-likeness (QED) is 0.418. The third kappa shape index (κ3) is 3.59. The van der Waals surface area contributed by atoms with Gasteiger partial charge in [0.05, 0.1) is 11.5 Å². The van der Waals surface area contributed by atoms with Crippen LogP contribution in [0.5, 0.6) is 0 Å². The van der Waals surface area contributed by atoms with Gasteiger partial charge in [0.2, 0.25) is 11.6 Å². The molecular formula is C14H4F10O2S. The Labute approximate surface area is 143 Å². The number of hydrogen-bond acceptors (Lipinski definition) is 2. The summed E-state index contributed by atoms with van der Waals surface area (Å²) in [5, 5.41) is 0. The third-order valence-electron chi connectivity index (χ3n) is 3.33. The highest BCUT2D eigenvalue weighted by atomic mass is 32.2. The maximum atomic E-state index is 13.5. The van der Waals surface area contributed by atoms with Gasteiger partial charge in [-0.25, -0.2) is 52.3 Å². The fraction of sp³-hybridized carbons (Fsp3) is 0.143. The summed E-state index contributed by atoms with van der Waals surface area (Å²) in [6.45, 7) is 0. The van der Waals surface area contributed by atoms with Crippen LogP contribution < -0.4 is 0 Å². The van der Waals surface area contributed by atoms with Gasteiger partial charge in [-0.15, -0.1) is 0 Å². The summed E-state index contributed by atoms with van der Waals surface area (Å²) in [5.41, 5.74) is -3.70. The second-order valence-electron chi connectivity index (χ2n) is 5.13. The Kier molecular flexibility index (Phi) is 5.46. The minimum absolute atomic E-state index is 1.85. The van der Waals surface area contributed by atoms with Crippen LogP contribution >= 0.6 is 0 Å². The summed E-state index contributed by atoms with van der Waals surface area (Å²) < 4.78 is 156. The van der Waals surface area contributed by atoms with Gasteiger partial charge in [-0.1, -0.05) is 0 Å². The van der Waals surface area contributed by atoms with E-state index in [0.29, 0.717) is 0 Å². The second kappa shape index (κ2) is 7.02. The molecule has 0 amide bonds. The molecule has 2 aromatic rings. The van der Waals surface area contributed by atoms with Crippen LogP contribution in [0.15, 0.2) is 0 Å². The first-order valence-electron chi connectivity index (χ1n) is 6.51. The van der Waals surface area contributed by atoms with Gasteiger partial charge < -0.3 is 0 Å². The van der Waals surface area contributed by atoms with Crippen molar-refractivity contribution < 1.29 is 52.3 Å². The Hall–Kier alpha value is -2.31. The molecule has 0 aliphatic rings. The Morgan fingerprint density at radius 1 is 0.407 bits per heavy atom. The summed E-state index contributed by atoms with van der Waals surface area (Å²) in [7, 11) is -5.14. The number of sulfone groups is 1. The molecule has 0 heterocycles. The van der Waals surface area contributed by atoms with E-state index in [-0.39, 0.29) is 0 Å². The van der Waals surface area contributed by atoms with Crippen LogP contribution in [0.25, 0.3) is 0 Å². The summed E-state index contributed by atoms with van der Waals surface area (Å²) in [5.74, 6) is -29.1. The molecule has 0 saturated heterocycles. The third-order valence-corrected chi connectivity index (χ3v) is 4.79. The lowest BCUT2D eigenvalue weighted by molar-refractivity contribution is 0.371. The van der Waals surface area contributed by atoms with Crippen molar-refractivity contribution in [2.45, 2.75) is 11.5 Å². The first kappa shape index (κ1) is 21.0. The van der Waals surface area contributed by atoms with Crippen molar-refractivity contribution in [2.75, 3.05) is 0 Å². The molecule has 13 heteroatoms. The van der Waals surface area contributed by atoms with E-state index < -0.39 is 90.6 Å². The topological polar surface area (TPSA) is 34.1 Å². The van der Waals surface area contributed by atoms with E-state index in [1.54, 1.807) is 0 Å². The number of hydrogen-bond donors (Lipinski definition) is 0. The number of benzene rings is 2. The van der Waals surface area contributed by atoms with Crippen molar-refractivity contribution in [2.24, 2.45) is 0 Å². The lowest BCUT2D eigenvalue weighted by Gasteiger charge is -2.11. The van der Waals surface area contributed by atoms with Crippen LogP contribution in [-0.4, -0.2) is 8.42 Å². The Bertz CT molecular complexity index is 913. The first-order chi connectivity index (χ1) is 12.3. The molecule has 0 unspecified atom stereocenters. The first-order valence-corrected chi connectivity index (χ1v) is 8.33. The van der Waals surface area contributed by atoms with E-state index in [1.165, 1.54) is 0 Å². The van der Waals surface area contributed by atoms with E-state index in [9.17, 15) is 52.3 Å². The molecule has 0 fully saturated rings. The summed E-state index contributed by atoms with van der Waals surface area (Å²) >= 11 is 0. The highest BCUT2D eigenvalue weighted by molar-refractivity contribution is 7.89. The van der Waals surface area contributed by atoms with Crippen LogP contribution in [0.2, 0.25) is 0 Å². The maximum absolute atomic E-state index is 13.5. The van der Waals surface area contributed by atoms with Crippen molar-refractivity contribution >= 4 is 9.84 Å². The van der Waals surface area contributed by atoms with Crippen LogP contribution in [0.4, 0.5) is 43.9 Å². The average Bonchev–Trinajstić information content (AvgIpc) is 2.62. The van der Waals surface area contributed by atoms with E-state index in [2.05, 4.69) is 0 Å². The Morgan fingerprint density at radius 2 is 0.593 bits per heavy atom. The van der Waals surface area contributed by atoms with Gasteiger partial charge in [0, 0.05) is 11.1 Å². The van der Waals surface area contributed by atoms with Crippen LogP contribution in [-0.2, 0) is 21.3 Å². The zero-order valence-electron chi connectivity index (χ0n) is 12.4. The fourth-order valence-electron chi connectivity index (χ4n) is 2.05. The lowest BCUT2D eigenvalue weighted by atomic mass is 10.2. The molecule has 0 aromatic heterocycles. The highest BCUT2D eigenvalue weighted by Crippen LogP contribution is 2.28. The Balaban J connectivity index is 2.53. The smallest absolute Gasteiger partial charge is 0.200 e. The van der Waals surface area contributed by atoms with E-state index in [0.717, 1.165) is 0 Å². The van der Waals surface area contributed by atoms with E-state index in [4.69, 9.17) is 0 Å². The van der Waals surface area contributed by atoms with Crippen molar-refractivity contribution in [3.63, 3.8) is 0 Å². The van der Waals surface area contributed by atoms with Crippen molar-refractivity contribution in [1.29, 1.82) is 0 Å². The molecule has 0 aliphatic heterocycles. The molecule has 0 atom stereocenters. The SMILES string of the molecule is O=S(=O)(Cc1c(F)c(F)c(F)c(F)c1F)Cc1c(F)c(F)c(F)c(F)c1F. The molecule has 2 nitrogen and oxygen atoms in total. The van der Waals surface area contributed by atoms with Gasteiger partial charge >= 0.3 is 0 Å². The van der Waals surface area contributed by atoms with Gasteiger partial charge in [-0.05, 0) is 0 Å². The van der Waals surface area contributed by atoms with Crippen LogP contribution in [0.1, 0.15) is 11.1 Å². The van der Waals surface area contributed by atoms with Gasteiger partial charge in [0.1, 0.15) is 0 Å². The normalized spacial score (nSPS) is 11.9. The standard InChI is InChI=1S/C14H4F10O2S/c15-5-3(6(16)10(20)13(23)9(5)19)1-27(25,26)2-4-7(17)11(21)14(24)12(22)8(4)18/h1-2H2. The van der Waals surface area contributed by atoms with Crippen molar-refractivity contribution in [1.82, 2.24) is 0 Å². The number of rotatable bonds is 4. The summed E-state index contributed by atoms with van der Waals surface area (Å²) in [4.78, 5) is 0. The fourth-order valence-corrected chi connectivity index (χ4v) is 3.53. The predicted molar refractivity (Wildman–Crippen MR) is 68.8 cm³/mol. The molecule has 0 aliphatic carbocycles. The molecule has 2 aromatic carbocycles. The van der Waals surface area contributed by atoms with Crippen LogP contribution in [0.3, 0.4) is 0 Å². The molecule has 0 spiro atoms. The zero-order chi connectivity index (χ0) is 20.8. The zero-order valence-corrected chi connectivity index (χ0v) is 13.2. The number of halogens is 10. The average molecular weight is 426 g/mol. The summed E-state index contributed by atoms with van der Waals surface area (Å²) in [6, 6.07) is 0. The van der Waals surface area contributed by atoms with Gasteiger partial charge in [0.15, 0.2) is 56.4 Å². The van der Waals surface area contributed by atoms with Crippen molar-refractivity contribution in [3.8, 4) is 0 Å². The minimum atomic E-state index is -5.14. The largest absolute Gasteiger partial charge is 0.228 e. The van der Waals surface area contributed by atoms with E-state index >= 15 is 0 Å². The van der Waals surface area contributed by atoms with Gasteiger partial charge in [-0.3, -0.25) is 0 Å². The summed E-state index contributed by atoms with van der Waals surface area (Å²) in [6.07, 6.45) is 0. The highest BCUT2D eigenvalue weighted by Gasteiger charge is 2.32. The van der Waals surface area contributed by atoms with Crippen molar-refractivity contribution in [3.05, 3.63) is 69.3 Å². The maximum Gasteiger partial charge on any atom is 0.200 e. The lowest BCUT2D eigenvalue weighted by Crippen LogP contribution is -2.17. The molecule has 0 saturated carbocycles. The molecule has 0 N–H and O–H groups in total. The minimum Gasteiger partial charge on any atom is -0.228 e. The van der Waals surface area contributed by atoms with Crippen LogP contribution in [0, 0.1) is 58.2 Å². The molecular weight excluding hydrogens is 422 g/mol. The molecule has 2 rings (SSSR count). The monoisotopic (exact) mass is 426 g/mol. The molecule has 0 radical (unpaired) electrons.